The first-order valence-electron chi connectivity index (χ1n) is 5.29. The van der Waals surface area contributed by atoms with Gasteiger partial charge in [0.1, 0.15) is 0 Å². The predicted octanol–water partition coefficient (Wildman–Crippen LogP) is 1.10. The van der Waals surface area contributed by atoms with Gasteiger partial charge in [0.05, 0.1) is 17.8 Å². The molecular weight excluding hydrogens is 220 g/mol. The third-order valence-corrected chi connectivity index (χ3v) is 2.38. The highest BCUT2D eigenvalue weighted by Crippen LogP contribution is 2.10. The zero-order chi connectivity index (χ0) is 12.8. The fourth-order valence-electron chi connectivity index (χ4n) is 1.37. The van der Waals surface area contributed by atoms with Gasteiger partial charge in [-0.2, -0.15) is 0 Å². The van der Waals surface area contributed by atoms with E-state index in [-0.39, 0.29) is 11.7 Å². The molecule has 4 N–H and O–H groups in total. The molecule has 0 saturated carbocycles. The highest BCUT2D eigenvalue weighted by molar-refractivity contribution is 6.07. The minimum atomic E-state index is -0.638. The molecule has 0 bridgehead atoms. The number of carbonyl (C=O) groups excluding carboxylic acids is 1. The average Bonchev–Trinajstić information content (AvgIpc) is 2.32. The Balaban J connectivity index is 2.74. The number of aryl methyl sites for hydroxylation is 1. The predicted molar refractivity (Wildman–Crippen MR) is 64.8 cm³/mol. The zero-order valence-electron chi connectivity index (χ0n) is 9.84. The molecule has 1 aromatic heterocycles. The van der Waals surface area contributed by atoms with Crippen LogP contribution in [0, 0.1) is 12.8 Å². The van der Waals surface area contributed by atoms with Gasteiger partial charge in [-0.1, -0.05) is 12.1 Å². The first-order valence-corrected chi connectivity index (χ1v) is 5.29. The van der Waals surface area contributed by atoms with E-state index in [1.807, 2.05) is 6.92 Å². The molecule has 1 amide bonds. The Morgan fingerprint density at radius 2 is 2.35 bits per heavy atom. The van der Waals surface area contributed by atoms with Crippen LogP contribution >= 0.6 is 0 Å². The van der Waals surface area contributed by atoms with Gasteiger partial charge in [0.2, 0.25) is 5.91 Å². The number of nitrogens with one attached hydrogen (secondary N) is 1. The normalized spacial score (nSPS) is 13.2. The first-order chi connectivity index (χ1) is 8.08. The molecule has 1 atom stereocenters. The van der Waals surface area contributed by atoms with Crippen molar-refractivity contribution in [1.82, 2.24) is 4.98 Å². The highest BCUT2D eigenvalue weighted by atomic mass is 16.4. The van der Waals surface area contributed by atoms with Gasteiger partial charge in [0, 0.05) is 5.69 Å². The summed E-state index contributed by atoms with van der Waals surface area (Å²) in [7, 11) is 0. The topological polar surface area (TPSA) is 101 Å². The van der Waals surface area contributed by atoms with Crippen molar-refractivity contribution in [2.45, 2.75) is 20.3 Å². The van der Waals surface area contributed by atoms with Crippen LogP contribution in [0.5, 0.6) is 0 Å². The molecule has 17 heavy (non-hydrogen) atoms. The van der Waals surface area contributed by atoms with Crippen LogP contribution in [0.15, 0.2) is 23.5 Å². The molecule has 0 aliphatic rings. The molecule has 0 spiro atoms. The van der Waals surface area contributed by atoms with Crippen molar-refractivity contribution in [2.75, 3.05) is 5.32 Å². The molecule has 92 valence electrons. The lowest BCUT2D eigenvalue weighted by Crippen LogP contribution is -2.34. The molecule has 0 aliphatic heterocycles. The highest BCUT2D eigenvalue weighted by Gasteiger charge is 2.21. The maximum absolute atomic E-state index is 11.8. The summed E-state index contributed by atoms with van der Waals surface area (Å²) in [5.41, 5.74) is 6.88. The standard InChI is InChI=1S/C11H16N4O2/c1-3-9(10(12)15-17)11(16)14-8-5-4-7(2)13-6-8/h4-6,9,17H,3H2,1-2H3,(H2,12,15)(H,14,16). The fraction of sp³-hybridized carbons (Fsp3) is 0.364. The van der Waals surface area contributed by atoms with Gasteiger partial charge in [0.25, 0.3) is 0 Å². The van der Waals surface area contributed by atoms with Crippen molar-refractivity contribution in [3.8, 4) is 0 Å². The molecule has 6 nitrogen and oxygen atoms in total. The minimum Gasteiger partial charge on any atom is -0.409 e. The van der Waals surface area contributed by atoms with Crippen LogP contribution < -0.4 is 11.1 Å². The van der Waals surface area contributed by atoms with Gasteiger partial charge in [-0.05, 0) is 25.5 Å². The number of carbonyl (C=O) groups is 1. The van der Waals surface area contributed by atoms with E-state index in [2.05, 4.69) is 15.5 Å². The number of hydrogen-bond donors (Lipinski definition) is 3. The van der Waals surface area contributed by atoms with E-state index in [0.717, 1.165) is 5.69 Å². The summed E-state index contributed by atoms with van der Waals surface area (Å²) >= 11 is 0. The van der Waals surface area contributed by atoms with Gasteiger partial charge in [0.15, 0.2) is 5.84 Å². The molecule has 0 aliphatic carbocycles. The van der Waals surface area contributed by atoms with Crippen molar-refractivity contribution in [3.63, 3.8) is 0 Å². The second-order valence-corrected chi connectivity index (χ2v) is 3.66. The molecule has 0 radical (unpaired) electrons. The summed E-state index contributed by atoms with van der Waals surface area (Å²) in [5.74, 6) is -1.04. The maximum Gasteiger partial charge on any atom is 0.235 e. The number of oxime groups is 1. The third kappa shape index (κ3) is 3.44. The van der Waals surface area contributed by atoms with Crippen LogP contribution in [-0.4, -0.2) is 21.9 Å². The van der Waals surface area contributed by atoms with Crippen LogP contribution in [0.4, 0.5) is 5.69 Å². The smallest absolute Gasteiger partial charge is 0.235 e. The fourth-order valence-corrected chi connectivity index (χ4v) is 1.37. The van der Waals surface area contributed by atoms with E-state index >= 15 is 0 Å². The quantitative estimate of drug-likeness (QED) is 0.315. The minimum absolute atomic E-state index is 0.0925. The van der Waals surface area contributed by atoms with Gasteiger partial charge >= 0.3 is 0 Å². The van der Waals surface area contributed by atoms with Crippen molar-refractivity contribution in [1.29, 1.82) is 0 Å². The van der Waals surface area contributed by atoms with E-state index < -0.39 is 5.92 Å². The van der Waals surface area contributed by atoms with Gasteiger partial charge in [-0.15, -0.1) is 0 Å². The Labute approximate surface area is 99.5 Å². The van der Waals surface area contributed by atoms with Crippen molar-refractivity contribution in [2.24, 2.45) is 16.8 Å². The van der Waals surface area contributed by atoms with Crippen molar-refractivity contribution >= 4 is 17.4 Å². The summed E-state index contributed by atoms with van der Waals surface area (Å²) in [6, 6.07) is 3.54. The van der Waals surface area contributed by atoms with Crippen LogP contribution in [-0.2, 0) is 4.79 Å². The Morgan fingerprint density at radius 3 is 2.82 bits per heavy atom. The summed E-state index contributed by atoms with van der Waals surface area (Å²) in [5, 5.41) is 14.1. The lowest BCUT2D eigenvalue weighted by Gasteiger charge is -2.13. The molecular formula is C11H16N4O2. The van der Waals surface area contributed by atoms with E-state index in [1.54, 1.807) is 25.3 Å². The van der Waals surface area contributed by atoms with E-state index in [0.29, 0.717) is 12.1 Å². The van der Waals surface area contributed by atoms with Crippen molar-refractivity contribution in [3.05, 3.63) is 24.0 Å². The van der Waals surface area contributed by atoms with Gasteiger partial charge < -0.3 is 16.3 Å². The number of amidine groups is 1. The largest absolute Gasteiger partial charge is 0.409 e. The van der Waals surface area contributed by atoms with E-state index in [9.17, 15) is 4.79 Å². The maximum atomic E-state index is 11.8. The summed E-state index contributed by atoms with van der Waals surface area (Å²) in [6.45, 7) is 3.65. The Kier molecular flexibility index (Phi) is 4.45. The molecule has 0 aromatic carbocycles. The molecule has 6 heteroatoms. The number of anilines is 1. The van der Waals surface area contributed by atoms with Crippen molar-refractivity contribution < 1.29 is 10.0 Å². The number of rotatable bonds is 4. The van der Waals surface area contributed by atoms with E-state index in [4.69, 9.17) is 10.9 Å². The zero-order valence-corrected chi connectivity index (χ0v) is 9.84. The molecule has 1 aromatic rings. The summed E-state index contributed by atoms with van der Waals surface area (Å²) in [4.78, 5) is 15.9. The molecule has 1 heterocycles. The van der Waals surface area contributed by atoms with Gasteiger partial charge in [-0.25, -0.2) is 0 Å². The average molecular weight is 236 g/mol. The molecule has 1 rings (SSSR count). The number of nitrogens with two attached hydrogens (primary N) is 1. The Morgan fingerprint density at radius 1 is 1.65 bits per heavy atom. The number of aromatic nitrogens is 1. The second-order valence-electron chi connectivity index (χ2n) is 3.66. The SMILES string of the molecule is CCC(C(=O)Nc1ccc(C)nc1)/C(N)=N/O. The second kappa shape index (κ2) is 5.83. The number of hydrogen-bond acceptors (Lipinski definition) is 4. The summed E-state index contributed by atoms with van der Waals surface area (Å²) < 4.78 is 0. The Hall–Kier alpha value is -2.11. The molecule has 0 saturated heterocycles. The van der Waals surface area contributed by atoms with Crippen LogP contribution in [0.1, 0.15) is 19.0 Å². The lowest BCUT2D eigenvalue weighted by molar-refractivity contribution is -0.118. The number of pyridine rings is 1. The van der Waals surface area contributed by atoms with Gasteiger partial charge in [-0.3, -0.25) is 9.78 Å². The van der Waals surface area contributed by atoms with E-state index in [1.165, 1.54) is 0 Å². The van der Waals surface area contributed by atoms with Crippen LogP contribution in [0.25, 0.3) is 0 Å². The monoisotopic (exact) mass is 236 g/mol. The van der Waals surface area contributed by atoms with Crippen LogP contribution in [0.2, 0.25) is 0 Å². The third-order valence-electron chi connectivity index (χ3n) is 2.38. The molecule has 1 unspecified atom stereocenters. The van der Waals surface area contributed by atoms with Crippen LogP contribution in [0.3, 0.4) is 0 Å². The lowest BCUT2D eigenvalue weighted by atomic mass is 10.0. The summed E-state index contributed by atoms with van der Waals surface area (Å²) in [6.07, 6.45) is 2.02. The Bertz CT molecular complexity index is 414. The molecule has 0 fully saturated rings. The number of nitrogens with zero attached hydrogens (tertiary/aromatic N) is 2. The first kappa shape index (κ1) is 13.0. The number of amides is 1.